The SMILES string of the molecule is C=C(C)[C@]1(C)O[C@H](C(C)C)O[C@@H]1C. The van der Waals surface area contributed by atoms with Gasteiger partial charge in [-0.05, 0) is 26.3 Å². The molecule has 2 heteroatoms. The minimum atomic E-state index is -0.311. The first-order valence-corrected chi connectivity index (χ1v) is 4.87. The van der Waals surface area contributed by atoms with Gasteiger partial charge in [0.15, 0.2) is 6.29 Å². The van der Waals surface area contributed by atoms with Crippen molar-refractivity contribution in [2.45, 2.75) is 52.6 Å². The van der Waals surface area contributed by atoms with Crippen molar-refractivity contribution < 1.29 is 9.47 Å². The molecule has 2 nitrogen and oxygen atoms in total. The van der Waals surface area contributed by atoms with Crippen molar-refractivity contribution in [1.29, 1.82) is 0 Å². The lowest BCUT2D eigenvalue weighted by Crippen LogP contribution is -2.35. The molecule has 0 radical (unpaired) electrons. The summed E-state index contributed by atoms with van der Waals surface area (Å²) in [6.45, 7) is 14.2. The van der Waals surface area contributed by atoms with Crippen LogP contribution in [0.3, 0.4) is 0 Å². The van der Waals surface area contributed by atoms with E-state index in [2.05, 4.69) is 20.4 Å². The monoisotopic (exact) mass is 184 g/mol. The molecule has 1 heterocycles. The second-order valence-electron chi connectivity index (χ2n) is 4.40. The van der Waals surface area contributed by atoms with Crippen LogP contribution in [0.25, 0.3) is 0 Å². The van der Waals surface area contributed by atoms with Crippen molar-refractivity contribution in [3.8, 4) is 0 Å². The van der Waals surface area contributed by atoms with Crippen LogP contribution in [0, 0.1) is 5.92 Å². The van der Waals surface area contributed by atoms with E-state index in [0.29, 0.717) is 5.92 Å². The molecule has 0 spiro atoms. The third-order valence-electron chi connectivity index (χ3n) is 2.87. The minimum Gasteiger partial charge on any atom is -0.346 e. The zero-order chi connectivity index (χ0) is 10.2. The first kappa shape index (κ1) is 10.7. The molecule has 0 N–H and O–H groups in total. The Hall–Kier alpha value is -0.340. The summed E-state index contributed by atoms with van der Waals surface area (Å²) < 4.78 is 11.6. The van der Waals surface area contributed by atoms with Crippen LogP contribution in [0.15, 0.2) is 12.2 Å². The standard InChI is InChI=1S/C11H20O2/c1-7(2)10-12-9(5)11(6,13-10)8(3)4/h7,9-10H,3H2,1-2,4-6H3/t9-,10-,11+/m1/s1. The second-order valence-corrected chi connectivity index (χ2v) is 4.40. The summed E-state index contributed by atoms with van der Waals surface area (Å²) in [6, 6.07) is 0. The Bertz CT molecular complexity index is 210. The zero-order valence-corrected chi connectivity index (χ0v) is 9.26. The van der Waals surface area contributed by atoms with E-state index in [0.717, 1.165) is 5.57 Å². The molecular weight excluding hydrogens is 164 g/mol. The van der Waals surface area contributed by atoms with E-state index in [-0.39, 0.29) is 18.0 Å². The highest BCUT2D eigenvalue weighted by Crippen LogP contribution is 2.36. The Kier molecular flexibility index (Phi) is 2.83. The van der Waals surface area contributed by atoms with Crippen LogP contribution >= 0.6 is 0 Å². The van der Waals surface area contributed by atoms with E-state index in [1.54, 1.807) is 0 Å². The molecule has 0 amide bonds. The fraction of sp³-hybridized carbons (Fsp3) is 0.818. The first-order chi connectivity index (χ1) is 5.88. The van der Waals surface area contributed by atoms with Crippen LogP contribution in [0.4, 0.5) is 0 Å². The van der Waals surface area contributed by atoms with Crippen LogP contribution in [0.5, 0.6) is 0 Å². The summed E-state index contributed by atoms with van der Waals surface area (Å²) >= 11 is 0. The summed E-state index contributed by atoms with van der Waals surface area (Å²) in [5.41, 5.74) is 0.720. The molecule has 1 saturated heterocycles. The molecular formula is C11H20O2. The van der Waals surface area contributed by atoms with Crippen molar-refractivity contribution in [3.63, 3.8) is 0 Å². The lowest BCUT2D eigenvalue weighted by Gasteiger charge is -2.26. The third kappa shape index (κ3) is 1.79. The van der Waals surface area contributed by atoms with Gasteiger partial charge in [-0.3, -0.25) is 0 Å². The van der Waals surface area contributed by atoms with Crippen LogP contribution in [-0.4, -0.2) is 18.0 Å². The van der Waals surface area contributed by atoms with Gasteiger partial charge in [0.05, 0.1) is 6.10 Å². The smallest absolute Gasteiger partial charge is 0.161 e. The average molecular weight is 184 g/mol. The van der Waals surface area contributed by atoms with Gasteiger partial charge in [0, 0.05) is 5.92 Å². The van der Waals surface area contributed by atoms with Gasteiger partial charge >= 0.3 is 0 Å². The molecule has 0 bridgehead atoms. The summed E-state index contributed by atoms with van der Waals surface area (Å²) in [5.74, 6) is 0.392. The van der Waals surface area contributed by atoms with E-state index < -0.39 is 0 Å². The number of hydrogen-bond acceptors (Lipinski definition) is 2. The lowest BCUT2D eigenvalue weighted by atomic mass is 9.93. The fourth-order valence-corrected chi connectivity index (χ4v) is 1.44. The Morgan fingerprint density at radius 1 is 1.46 bits per heavy atom. The maximum atomic E-state index is 5.86. The van der Waals surface area contributed by atoms with Crippen LogP contribution in [-0.2, 0) is 9.47 Å². The first-order valence-electron chi connectivity index (χ1n) is 4.87. The quantitative estimate of drug-likeness (QED) is 0.614. The van der Waals surface area contributed by atoms with E-state index in [4.69, 9.17) is 9.47 Å². The Labute approximate surface area is 80.9 Å². The Balaban J connectivity index is 2.76. The van der Waals surface area contributed by atoms with Crippen LogP contribution in [0.2, 0.25) is 0 Å². The van der Waals surface area contributed by atoms with Gasteiger partial charge in [-0.25, -0.2) is 0 Å². The summed E-state index contributed by atoms with van der Waals surface area (Å²) in [4.78, 5) is 0. The van der Waals surface area contributed by atoms with Crippen molar-refractivity contribution in [2.75, 3.05) is 0 Å². The molecule has 1 rings (SSSR count). The number of rotatable bonds is 2. The van der Waals surface area contributed by atoms with Crippen molar-refractivity contribution in [1.82, 2.24) is 0 Å². The Morgan fingerprint density at radius 3 is 2.23 bits per heavy atom. The normalized spacial score (nSPS) is 39.8. The van der Waals surface area contributed by atoms with Crippen LogP contribution in [0.1, 0.15) is 34.6 Å². The molecule has 1 aliphatic rings. The predicted octanol–water partition coefficient (Wildman–Crippen LogP) is 2.74. The maximum Gasteiger partial charge on any atom is 0.161 e. The van der Waals surface area contributed by atoms with Gasteiger partial charge in [-0.15, -0.1) is 0 Å². The molecule has 1 fully saturated rings. The molecule has 1 aliphatic heterocycles. The summed E-state index contributed by atoms with van der Waals surface area (Å²) in [5, 5.41) is 0. The van der Waals surface area contributed by atoms with Gasteiger partial charge in [-0.2, -0.15) is 0 Å². The molecule has 0 aromatic rings. The van der Waals surface area contributed by atoms with E-state index in [9.17, 15) is 0 Å². The van der Waals surface area contributed by atoms with E-state index in [1.807, 2.05) is 20.8 Å². The topological polar surface area (TPSA) is 18.5 Å². The van der Waals surface area contributed by atoms with Crippen molar-refractivity contribution in [3.05, 3.63) is 12.2 Å². The highest BCUT2D eigenvalue weighted by Gasteiger charge is 2.45. The minimum absolute atomic E-state index is 0.0864. The predicted molar refractivity (Wildman–Crippen MR) is 53.5 cm³/mol. The zero-order valence-electron chi connectivity index (χ0n) is 9.26. The lowest BCUT2D eigenvalue weighted by molar-refractivity contribution is -0.104. The molecule has 13 heavy (non-hydrogen) atoms. The molecule has 0 aromatic heterocycles. The molecule has 0 unspecified atom stereocenters. The van der Waals surface area contributed by atoms with Gasteiger partial charge in [0.25, 0.3) is 0 Å². The van der Waals surface area contributed by atoms with E-state index in [1.165, 1.54) is 0 Å². The fourth-order valence-electron chi connectivity index (χ4n) is 1.44. The Morgan fingerprint density at radius 2 is 2.00 bits per heavy atom. The van der Waals surface area contributed by atoms with Gasteiger partial charge in [0.2, 0.25) is 0 Å². The largest absolute Gasteiger partial charge is 0.346 e. The third-order valence-corrected chi connectivity index (χ3v) is 2.87. The average Bonchev–Trinajstić information content (AvgIpc) is 2.30. The van der Waals surface area contributed by atoms with Crippen molar-refractivity contribution in [2.24, 2.45) is 5.92 Å². The van der Waals surface area contributed by atoms with E-state index >= 15 is 0 Å². The summed E-state index contributed by atoms with van der Waals surface area (Å²) in [6.07, 6.45) is 0.00843. The maximum absolute atomic E-state index is 5.86. The molecule has 0 aromatic carbocycles. The highest BCUT2D eigenvalue weighted by molar-refractivity contribution is 5.13. The molecule has 76 valence electrons. The number of ether oxygens (including phenoxy) is 2. The van der Waals surface area contributed by atoms with Gasteiger partial charge < -0.3 is 9.47 Å². The highest BCUT2D eigenvalue weighted by atomic mass is 16.7. The van der Waals surface area contributed by atoms with Crippen LogP contribution < -0.4 is 0 Å². The van der Waals surface area contributed by atoms with Crippen molar-refractivity contribution >= 4 is 0 Å². The molecule has 0 aliphatic carbocycles. The van der Waals surface area contributed by atoms with Gasteiger partial charge in [0.1, 0.15) is 5.60 Å². The molecule has 0 saturated carbocycles. The van der Waals surface area contributed by atoms with Gasteiger partial charge in [-0.1, -0.05) is 20.4 Å². The molecule has 3 atom stereocenters. The number of hydrogen-bond donors (Lipinski definition) is 0. The second kappa shape index (κ2) is 3.43. The summed E-state index contributed by atoms with van der Waals surface area (Å²) in [7, 11) is 0.